The van der Waals surface area contributed by atoms with E-state index in [0.29, 0.717) is 0 Å². The maximum Gasteiger partial charge on any atom is 0.248 e. The number of nitrogens with one attached hydrogen (secondary N) is 1. The molecule has 1 aromatic carbocycles. The van der Waals surface area contributed by atoms with Gasteiger partial charge in [0.2, 0.25) is 5.91 Å². The molecule has 12 heavy (non-hydrogen) atoms. The van der Waals surface area contributed by atoms with Crippen molar-refractivity contribution in [3.63, 3.8) is 0 Å². The SMILES string of the molecule is O=C1COC(c2[c]cccc2)N1. The molecule has 3 nitrogen and oxygen atoms in total. The van der Waals surface area contributed by atoms with E-state index in [0.717, 1.165) is 5.56 Å². The first-order valence-electron chi connectivity index (χ1n) is 3.74. The van der Waals surface area contributed by atoms with Crippen molar-refractivity contribution in [2.24, 2.45) is 0 Å². The van der Waals surface area contributed by atoms with E-state index in [1.54, 1.807) is 6.07 Å². The smallest absolute Gasteiger partial charge is 0.248 e. The van der Waals surface area contributed by atoms with Gasteiger partial charge in [0.15, 0.2) is 6.23 Å². The lowest BCUT2D eigenvalue weighted by Gasteiger charge is -2.07. The summed E-state index contributed by atoms with van der Waals surface area (Å²) >= 11 is 0. The summed E-state index contributed by atoms with van der Waals surface area (Å²) in [7, 11) is 0. The third kappa shape index (κ3) is 1.31. The van der Waals surface area contributed by atoms with E-state index in [1.165, 1.54) is 0 Å². The van der Waals surface area contributed by atoms with E-state index in [9.17, 15) is 4.79 Å². The quantitative estimate of drug-likeness (QED) is 0.657. The Morgan fingerprint density at radius 3 is 3.08 bits per heavy atom. The van der Waals surface area contributed by atoms with Gasteiger partial charge in [0.25, 0.3) is 0 Å². The van der Waals surface area contributed by atoms with E-state index in [-0.39, 0.29) is 18.7 Å². The number of hydrogen-bond acceptors (Lipinski definition) is 2. The Hall–Kier alpha value is -1.35. The molecule has 1 atom stereocenters. The molecular formula is C9H8NO2. The molecule has 0 aromatic heterocycles. The number of amides is 1. The van der Waals surface area contributed by atoms with Gasteiger partial charge in [-0.15, -0.1) is 0 Å². The molecule has 0 saturated carbocycles. The van der Waals surface area contributed by atoms with Gasteiger partial charge in [0, 0.05) is 5.56 Å². The monoisotopic (exact) mass is 162 g/mol. The zero-order valence-corrected chi connectivity index (χ0v) is 6.41. The van der Waals surface area contributed by atoms with Crippen LogP contribution in [-0.2, 0) is 9.53 Å². The van der Waals surface area contributed by atoms with Gasteiger partial charge in [-0.05, 0) is 6.07 Å². The first-order chi connectivity index (χ1) is 5.86. The molecule has 1 N–H and O–H groups in total. The third-order valence-corrected chi connectivity index (χ3v) is 1.69. The maximum atomic E-state index is 10.8. The number of hydrogen-bond donors (Lipinski definition) is 1. The minimum Gasteiger partial charge on any atom is -0.344 e. The fourth-order valence-corrected chi connectivity index (χ4v) is 1.13. The average Bonchev–Trinajstić information content (AvgIpc) is 2.54. The summed E-state index contributed by atoms with van der Waals surface area (Å²) in [5, 5.41) is 2.68. The summed E-state index contributed by atoms with van der Waals surface area (Å²) in [5.74, 6) is -0.0720. The number of rotatable bonds is 1. The summed E-state index contributed by atoms with van der Waals surface area (Å²) < 4.78 is 5.16. The van der Waals surface area contributed by atoms with E-state index in [1.807, 2.05) is 18.2 Å². The van der Waals surface area contributed by atoms with Crippen LogP contribution in [0.1, 0.15) is 11.8 Å². The van der Waals surface area contributed by atoms with Gasteiger partial charge in [-0.2, -0.15) is 0 Å². The van der Waals surface area contributed by atoms with Crippen LogP contribution in [0.4, 0.5) is 0 Å². The molecule has 1 radical (unpaired) electrons. The second-order valence-corrected chi connectivity index (χ2v) is 2.58. The molecule has 1 unspecified atom stereocenters. The highest BCUT2D eigenvalue weighted by Gasteiger charge is 2.22. The lowest BCUT2D eigenvalue weighted by Crippen LogP contribution is -2.19. The Bertz CT molecular complexity index is 284. The Balaban J connectivity index is 2.16. The lowest BCUT2D eigenvalue weighted by atomic mass is 10.2. The standard InChI is InChI=1S/C9H8NO2/c11-8-6-12-9(10-8)7-4-2-1-3-5-7/h1-4,9H,6H2,(H,10,11). The number of carbonyl (C=O) groups excluding carboxylic acids is 1. The highest BCUT2D eigenvalue weighted by molar-refractivity contribution is 5.79. The molecule has 3 heteroatoms. The molecule has 1 fully saturated rings. The van der Waals surface area contributed by atoms with Crippen LogP contribution >= 0.6 is 0 Å². The summed E-state index contributed by atoms with van der Waals surface area (Å²) in [6.07, 6.45) is -0.307. The molecule has 61 valence electrons. The molecule has 0 bridgehead atoms. The second kappa shape index (κ2) is 2.95. The van der Waals surface area contributed by atoms with E-state index in [2.05, 4.69) is 11.4 Å². The van der Waals surface area contributed by atoms with E-state index >= 15 is 0 Å². The van der Waals surface area contributed by atoms with Crippen molar-refractivity contribution in [3.05, 3.63) is 35.9 Å². The van der Waals surface area contributed by atoms with Crippen molar-refractivity contribution >= 4 is 5.91 Å². The highest BCUT2D eigenvalue weighted by atomic mass is 16.5. The van der Waals surface area contributed by atoms with Crippen LogP contribution in [0.15, 0.2) is 24.3 Å². The molecule has 1 amide bonds. The topological polar surface area (TPSA) is 38.3 Å². The van der Waals surface area contributed by atoms with Crippen molar-refractivity contribution < 1.29 is 9.53 Å². The molecule has 1 aromatic rings. The molecule has 0 spiro atoms. The Kier molecular flexibility index (Phi) is 1.80. The van der Waals surface area contributed by atoms with Gasteiger partial charge in [-0.3, -0.25) is 4.79 Å². The van der Waals surface area contributed by atoms with E-state index < -0.39 is 0 Å². The minimum atomic E-state index is -0.307. The third-order valence-electron chi connectivity index (χ3n) is 1.69. The number of benzene rings is 1. The van der Waals surface area contributed by atoms with Crippen molar-refractivity contribution in [3.8, 4) is 0 Å². The Morgan fingerprint density at radius 1 is 1.58 bits per heavy atom. The molecule has 1 saturated heterocycles. The van der Waals surface area contributed by atoms with Crippen LogP contribution in [0.3, 0.4) is 0 Å². The van der Waals surface area contributed by atoms with Crippen LogP contribution in [0.5, 0.6) is 0 Å². The maximum absolute atomic E-state index is 10.8. The normalized spacial score (nSPS) is 22.3. The van der Waals surface area contributed by atoms with Crippen molar-refractivity contribution in [1.82, 2.24) is 5.32 Å². The largest absolute Gasteiger partial charge is 0.344 e. The highest BCUT2D eigenvalue weighted by Crippen LogP contribution is 2.16. The molecule has 0 aliphatic carbocycles. The second-order valence-electron chi connectivity index (χ2n) is 2.58. The van der Waals surface area contributed by atoms with Crippen molar-refractivity contribution in [2.45, 2.75) is 6.23 Å². The average molecular weight is 162 g/mol. The predicted octanol–water partition coefficient (Wildman–Crippen LogP) is 0.632. The summed E-state index contributed by atoms with van der Waals surface area (Å²) in [6, 6.07) is 10.4. The van der Waals surface area contributed by atoms with Crippen molar-refractivity contribution in [1.29, 1.82) is 0 Å². The minimum absolute atomic E-state index is 0.0720. The zero-order chi connectivity index (χ0) is 8.39. The first-order valence-corrected chi connectivity index (χ1v) is 3.74. The van der Waals surface area contributed by atoms with Crippen LogP contribution in [-0.4, -0.2) is 12.5 Å². The van der Waals surface area contributed by atoms with Crippen LogP contribution in [0.25, 0.3) is 0 Å². The zero-order valence-electron chi connectivity index (χ0n) is 6.41. The number of carbonyl (C=O) groups is 1. The summed E-state index contributed by atoms with van der Waals surface area (Å²) in [5.41, 5.74) is 0.864. The van der Waals surface area contributed by atoms with Crippen LogP contribution in [0.2, 0.25) is 0 Å². The molecule has 1 aliphatic heterocycles. The van der Waals surface area contributed by atoms with Crippen molar-refractivity contribution in [2.75, 3.05) is 6.61 Å². The Labute approximate surface area is 70.3 Å². The predicted molar refractivity (Wildman–Crippen MR) is 42.1 cm³/mol. The molecule has 2 rings (SSSR count). The summed E-state index contributed by atoms with van der Waals surface area (Å²) in [6.45, 7) is 0.146. The summed E-state index contributed by atoms with van der Waals surface area (Å²) in [4.78, 5) is 10.8. The fraction of sp³-hybridized carbons (Fsp3) is 0.222. The van der Waals surface area contributed by atoms with Gasteiger partial charge < -0.3 is 10.1 Å². The van der Waals surface area contributed by atoms with Gasteiger partial charge in [0.1, 0.15) is 6.61 Å². The van der Waals surface area contributed by atoms with Gasteiger partial charge in [-0.1, -0.05) is 24.3 Å². The lowest BCUT2D eigenvalue weighted by molar-refractivity contribution is -0.119. The Morgan fingerprint density at radius 2 is 2.50 bits per heavy atom. The molecular weight excluding hydrogens is 154 g/mol. The van der Waals surface area contributed by atoms with Gasteiger partial charge in [-0.25, -0.2) is 0 Å². The van der Waals surface area contributed by atoms with Gasteiger partial charge >= 0.3 is 0 Å². The van der Waals surface area contributed by atoms with Crippen LogP contribution < -0.4 is 5.32 Å². The molecule has 1 aliphatic rings. The first kappa shape index (κ1) is 7.31. The molecule has 1 heterocycles. The number of ether oxygens (including phenoxy) is 1. The van der Waals surface area contributed by atoms with Gasteiger partial charge in [0.05, 0.1) is 0 Å². The van der Waals surface area contributed by atoms with Crippen LogP contribution in [0, 0.1) is 6.07 Å². The van der Waals surface area contributed by atoms with E-state index in [4.69, 9.17) is 4.74 Å². The fourth-order valence-electron chi connectivity index (χ4n) is 1.13.